The fourth-order valence-corrected chi connectivity index (χ4v) is 5.11. The van der Waals surface area contributed by atoms with Crippen LogP contribution in [0.3, 0.4) is 0 Å². The van der Waals surface area contributed by atoms with Crippen molar-refractivity contribution in [3.8, 4) is 5.75 Å². The molecule has 0 bridgehead atoms. The van der Waals surface area contributed by atoms with Crippen molar-refractivity contribution in [2.45, 2.75) is 13.0 Å². The molecule has 1 aliphatic heterocycles. The molecule has 1 amide bonds. The van der Waals surface area contributed by atoms with Gasteiger partial charge in [-0.3, -0.25) is 9.69 Å². The SMILES string of the molecule is Cc1nnc(N2C(=O)C(O)=C(c3nc4ccccc4s3)[C@@H]2c2ccc(O)cc2)s1. The summed E-state index contributed by atoms with van der Waals surface area (Å²) in [6, 6.07) is 13.6. The van der Waals surface area contributed by atoms with Crippen LogP contribution >= 0.6 is 22.7 Å². The minimum absolute atomic E-state index is 0.117. The van der Waals surface area contributed by atoms with Gasteiger partial charge in [-0.1, -0.05) is 35.6 Å². The van der Waals surface area contributed by atoms with Crippen LogP contribution in [0, 0.1) is 6.92 Å². The monoisotopic (exact) mass is 422 g/mol. The van der Waals surface area contributed by atoms with Crippen LogP contribution in [0.1, 0.15) is 21.6 Å². The third kappa shape index (κ3) is 2.86. The average Bonchev–Trinajstić information content (AvgIpc) is 3.39. The van der Waals surface area contributed by atoms with Crippen molar-refractivity contribution in [2.75, 3.05) is 4.90 Å². The Hall–Kier alpha value is -3.30. The van der Waals surface area contributed by atoms with E-state index >= 15 is 0 Å². The van der Waals surface area contributed by atoms with Gasteiger partial charge in [-0.05, 0) is 36.8 Å². The minimum atomic E-state index is -0.629. The summed E-state index contributed by atoms with van der Waals surface area (Å²) in [5, 5.41) is 30.3. The van der Waals surface area contributed by atoms with E-state index in [9.17, 15) is 15.0 Å². The zero-order valence-corrected chi connectivity index (χ0v) is 16.7. The lowest BCUT2D eigenvalue weighted by Gasteiger charge is -2.23. The molecule has 0 aliphatic carbocycles. The molecule has 0 fully saturated rings. The summed E-state index contributed by atoms with van der Waals surface area (Å²) < 4.78 is 0.963. The molecule has 29 heavy (non-hydrogen) atoms. The normalized spacial score (nSPS) is 16.9. The Morgan fingerprint density at radius 1 is 1.00 bits per heavy atom. The Morgan fingerprint density at radius 3 is 2.45 bits per heavy atom. The maximum Gasteiger partial charge on any atom is 0.296 e. The number of aryl methyl sites for hydroxylation is 1. The van der Waals surface area contributed by atoms with E-state index in [4.69, 9.17) is 0 Å². The molecule has 0 saturated carbocycles. The summed E-state index contributed by atoms with van der Waals surface area (Å²) in [6.07, 6.45) is 0. The van der Waals surface area contributed by atoms with E-state index in [0.717, 1.165) is 15.8 Å². The molecule has 9 heteroatoms. The topological polar surface area (TPSA) is 99.4 Å². The average molecular weight is 422 g/mol. The van der Waals surface area contributed by atoms with Crippen LogP contribution in [-0.2, 0) is 4.79 Å². The maximum absolute atomic E-state index is 13.0. The zero-order valence-electron chi connectivity index (χ0n) is 15.1. The number of hydrogen-bond donors (Lipinski definition) is 2. The Kier molecular flexibility index (Phi) is 4.07. The first-order valence-corrected chi connectivity index (χ1v) is 10.4. The van der Waals surface area contributed by atoms with Crippen molar-refractivity contribution in [1.29, 1.82) is 0 Å². The Balaban J connectivity index is 1.72. The highest BCUT2D eigenvalue weighted by molar-refractivity contribution is 7.19. The van der Waals surface area contributed by atoms with Gasteiger partial charge >= 0.3 is 0 Å². The predicted molar refractivity (Wildman–Crippen MR) is 112 cm³/mol. The summed E-state index contributed by atoms with van der Waals surface area (Å²) in [4.78, 5) is 19.1. The van der Waals surface area contributed by atoms with Crippen molar-refractivity contribution in [1.82, 2.24) is 15.2 Å². The fourth-order valence-electron chi connectivity index (χ4n) is 3.36. The molecule has 144 valence electrons. The number of benzene rings is 2. The second-order valence-electron chi connectivity index (χ2n) is 6.52. The number of hydrogen-bond acceptors (Lipinski definition) is 8. The third-order valence-corrected chi connectivity index (χ3v) is 6.57. The van der Waals surface area contributed by atoms with E-state index < -0.39 is 11.9 Å². The Morgan fingerprint density at radius 2 is 1.76 bits per heavy atom. The first-order valence-electron chi connectivity index (χ1n) is 8.74. The molecule has 4 aromatic rings. The van der Waals surface area contributed by atoms with Crippen LogP contribution in [0.25, 0.3) is 15.8 Å². The van der Waals surface area contributed by atoms with Crippen LogP contribution in [-0.4, -0.2) is 31.3 Å². The molecule has 0 saturated heterocycles. The van der Waals surface area contributed by atoms with Crippen molar-refractivity contribution >= 4 is 49.5 Å². The number of phenols is 1. The number of rotatable bonds is 3. The van der Waals surface area contributed by atoms with Gasteiger partial charge in [-0.2, -0.15) is 0 Å². The highest BCUT2D eigenvalue weighted by atomic mass is 32.1. The van der Waals surface area contributed by atoms with Gasteiger partial charge < -0.3 is 10.2 Å². The maximum atomic E-state index is 13.0. The summed E-state index contributed by atoms with van der Waals surface area (Å²) in [5.41, 5.74) is 1.95. The van der Waals surface area contributed by atoms with Gasteiger partial charge in [0.15, 0.2) is 5.76 Å². The number of aliphatic hydroxyl groups excluding tert-OH is 1. The third-order valence-electron chi connectivity index (χ3n) is 4.66. The molecule has 3 heterocycles. The van der Waals surface area contributed by atoms with Crippen LogP contribution in [0.4, 0.5) is 5.13 Å². The number of fused-ring (bicyclic) bond motifs is 1. The van der Waals surface area contributed by atoms with Crippen molar-refractivity contribution in [3.05, 3.63) is 69.9 Å². The lowest BCUT2D eigenvalue weighted by atomic mass is 10.00. The minimum Gasteiger partial charge on any atom is -0.508 e. The van der Waals surface area contributed by atoms with E-state index in [1.165, 1.54) is 27.6 Å². The van der Waals surface area contributed by atoms with Crippen molar-refractivity contribution in [2.24, 2.45) is 0 Å². The standard InChI is InChI=1S/C20H14N4O3S2/c1-10-22-23-20(28-10)24-16(11-6-8-12(25)9-7-11)15(17(26)19(24)27)18-21-13-4-2-3-5-14(13)29-18/h2-9,16,25-26H,1H3/t16-/m0/s1. The number of amides is 1. The fraction of sp³-hybridized carbons (Fsp3) is 0.100. The van der Waals surface area contributed by atoms with Crippen LogP contribution < -0.4 is 4.90 Å². The molecule has 2 N–H and O–H groups in total. The molecule has 5 rings (SSSR count). The van der Waals surface area contributed by atoms with Gasteiger partial charge in [0.1, 0.15) is 15.8 Å². The van der Waals surface area contributed by atoms with E-state index in [1.807, 2.05) is 24.3 Å². The molecule has 0 spiro atoms. The molecular formula is C20H14N4O3S2. The van der Waals surface area contributed by atoms with Gasteiger partial charge in [-0.25, -0.2) is 4.98 Å². The van der Waals surface area contributed by atoms with Crippen LogP contribution in [0.15, 0.2) is 54.3 Å². The van der Waals surface area contributed by atoms with Gasteiger partial charge in [0, 0.05) is 0 Å². The number of nitrogens with zero attached hydrogens (tertiary/aromatic N) is 4. The molecule has 1 atom stereocenters. The zero-order chi connectivity index (χ0) is 20.1. The van der Waals surface area contributed by atoms with E-state index in [1.54, 1.807) is 31.2 Å². The number of para-hydroxylation sites is 1. The summed E-state index contributed by atoms with van der Waals surface area (Å²) in [7, 11) is 0. The first kappa shape index (κ1) is 17.8. The highest BCUT2D eigenvalue weighted by Crippen LogP contribution is 2.47. The number of phenolic OH excluding ortho intramolecular Hbond substituents is 1. The number of aliphatic hydroxyl groups is 1. The molecular weight excluding hydrogens is 408 g/mol. The number of aromatic hydroxyl groups is 1. The van der Waals surface area contributed by atoms with Crippen LogP contribution in [0.5, 0.6) is 5.75 Å². The number of carbonyl (C=O) groups excluding carboxylic acids is 1. The van der Waals surface area contributed by atoms with Gasteiger partial charge in [-0.15, -0.1) is 21.5 Å². The second-order valence-corrected chi connectivity index (χ2v) is 8.71. The number of aromatic nitrogens is 3. The van der Waals surface area contributed by atoms with Gasteiger partial charge in [0.05, 0.1) is 21.8 Å². The van der Waals surface area contributed by atoms with E-state index in [0.29, 0.717) is 20.7 Å². The summed E-state index contributed by atoms with van der Waals surface area (Å²) in [5.74, 6) is -0.783. The molecule has 1 aliphatic rings. The predicted octanol–water partition coefficient (Wildman–Crippen LogP) is 4.22. The van der Waals surface area contributed by atoms with Crippen molar-refractivity contribution < 1.29 is 15.0 Å². The highest BCUT2D eigenvalue weighted by Gasteiger charge is 2.44. The number of anilines is 1. The van der Waals surface area contributed by atoms with Crippen molar-refractivity contribution in [3.63, 3.8) is 0 Å². The lowest BCUT2D eigenvalue weighted by Crippen LogP contribution is -2.30. The second kappa shape index (κ2) is 6.64. The Labute approximate surface area is 173 Å². The van der Waals surface area contributed by atoms with E-state index in [-0.39, 0.29) is 11.5 Å². The lowest BCUT2D eigenvalue weighted by molar-refractivity contribution is -0.117. The van der Waals surface area contributed by atoms with Gasteiger partial charge in [0.25, 0.3) is 5.91 Å². The molecule has 2 aromatic heterocycles. The Bertz CT molecular complexity index is 1240. The summed E-state index contributed by atoms with van der Waals surface area (Å²) >= 11 is 2.69. The van der Waals surface area contributed by atoms with Gasteiger partial charge in [0.2, 0.25) is 5.13 Å². The van der Waals surface area contributed by atoms with E-state index in [2.05, 4.69) is 15.2 Å². The number of thiazole rings is 1. The first-order chi connectivity index (χ1) is 14.0. The van der Waals surface area contributed by atoms with Crippen LogP contribution in [0.2, 0.25) is 0 Å². The number of carbonyl (C=O) groups is 1. The molecule has 7 nitrogen and oxygen atoms in total. The largest absolute Gasteiger partial charge is 0.508 e. The smallest absolute Gasteiger partial charge is 0.296 e. The quantitative estimate of drug-likeness (QED) is 0.513. The molecule has 0 radical (unpaired) electrons. The molecule has 2 aromatic carbocycles. The molecule has 0 unspecified atom stereocenters. The summed E-state index contributed by atoms with van der Waals surface area (Å²) in [6.45, 7) is 1.80.